The number of nitrogens with zero attached hydrogens (tertiary/aromatic N) is 5. The number of allylic oxidation sites excluding steroid dienone is 1. The molecule has 0 saturated carbocycles. The van der Waals surface area contributed by atoms with Gasteiger partial charge in [0.2, 0.25) is 5.95 Å². The van der Waals surface area contributed by atoms with Gasteiger partial charge in [-0.05, 0) is 48.4 Å². The predicted molar refractivity (Wildman–Crippen MR) is 122 cm³/mol. The van der Waals surface area contributed by atoms with Gasteiger partial charge in [0.05, 0.1) is 18.1 Å². The molecule has 2 N–H and O–H groups in total. The topological polar surface area (TPSA) is 80.0 Å². The number of rotatable bonds is 4. The van der Waals surface area contributed by atoms with Crippen LogP contribution in [0.1, 0.15) is 30.4 Å². The number of benzene rings is 1. The third-order valence-corrected chi connectivity index (χ3v) is 6.35. The summed E-state index contributed by atoms with van der Waals surface area (Å²) in [5, 5.41) is 11.2. The Bertz CT molecular complexity index is 1370. The number of hydrogen-bond donors (Lipinski definition) is 2. The number of aromatic nitrogens is 5. The molecular formula is C24H22FN7. The standard InChI is InChI=1S/C24H22FN7/c1-26-21-13-28-32-23(21)30-22(16-9-17(25)12-27-11-16)31-24(32)29-18-7-6-15-8-14-4-2-3-5-19(14)20(15)10-18/h2-5,9,11-13,18,26H,6-8,10H2,1H3,(H,29,30,31)/t18-/m1/s1. The van der Waals surface area contributed by atoms with Gasteiger partial charge in [-0.3, -0.25) is 4.98 Å². The van der Waals surface area contributed by atoms with Crippen molar-refractivity contribution in [1.82, 2.24) is 24.6 Å². The van der Waals surface area contributed by atoms with Gasteiger partial charge in [-0.2, -0.15) is 14.6 Å². The van der Waals surface area contributed by atoms with E-state index in [2.05, 4.69) is 50.0 Å². The van der Waals surface area contributed by atoms with Crippen LogP contribution in [0.2, 0.25) is 0 Å². The Morgan fingerprint density at radius 2 is 2.03 bits per heavy atom. The Hall–Kier alpha value is -3.81. The highest BCUT2D eigenvalue weighted by atomic mass is 19.1. The van der Waals surface area contributed by atoms with Crippen molar-refractivity contribution >= 4 is 22.9 Å². The van der Waals surface area contributed by atoms with E-state index in [1.54, 1.807) is 22.5 Å². The van der Waals surface area contributed by atoms with Gasteiger partial charge < -0.3 is 10.6 Å². The second-order valence-corrected chi connectivity index (χ2v) is 8.31. The van der Waals surface area contributed by atoms with Crippen molar-refractivity contribution < 1.29 is 4.39 Å². The minimum atomic E-state index is -0.422. The maximum atomic E-state index is 13.8. The minimum Gasteiger partial charge on any atom is -0.384 e. The fraction of sp³-hybridized carbons (Fsp3) is 0.250. The molecule has 0 amide bonds. The van der Waals surface area contributed by atoms with Crippen LogP contribution in [0.4, 0.5) is 16.0 Å². The number of nitrogens with one attached hydrogen (secondary N) is 2. The van der Waals surface area contributed by atoms with E-state index in [-0.39, 0.29) is 6.04 Å². The molecule has 0 saturated heterocycles. The molecule has 0 radical (unpaired) electrons. The molecule has 0 spiro atoms. The molecule has 0 aliphatic heterocycles. The van der Waals surface area contributed by atoms with Gasteiger partial charge in [-0.15, -0.1) is 0 Å². The summed E-state index contributed by atoms with van der Waals surface area (Å²) < 4.78 is 15.5. The van der Waals surface area contributed by atoms with Gasteiger partial charge in [-0.1, -0.05) is 29.8 Å². The summed E-state index contributed by atoms with van der Waals surface area (Å²) in [6.45, 7) is 0. The van der Waals surface area contributed by atoms with Gasteiger partial charge in [0.25, 0.3) is 0 Å². The van der Waals surface area contributed by atoms with Gasteiger partial charge in [0, 0.05) is 24.8 Å². The molecule has 7 nitrogen and oxygen atoms in total. The molecule has 2 aliphatic carbocycles. The van der Waals surface area contributed by atoms with Crippen LogP contribution in [0.3, 0.4) is 0 Å². The number of fused-ring (bicyclic) bond motifs is 3. The molecular weight excluding hydrogens is 405 g/mol. The normalized spacial score (nSPS) is 17.4. The predicted octanol–water partition coefficient (Wildman–Crippen LogP) is 4.34. The zero-order valence-electron chi connectivity index (χ0n) is 17.6. The Kier molecular flexibility index (Phi) is 4.38. The second-order valence-electron chi connectivity index (χ2n) is 8.31. The average Bonchev–Trinajstić information content (AvgIpc) is 3.40. The molecule has 8 heteroatoms. The van der Waals surface area contributed by atoms with Crippen molar-refractivity contribution in [2.45, 2.75) is 31.7 Å². The van der Waals surface area contributed by atoms with Gasteiger partial charge in [0.15, 0.2) is 11.5 Å². The fourth-order valence-corrected chi connectivity index (χ4v) is 4.80. The monoisotopic (exact) mass is 427 g/mol. The molecule has 3 aromatic heterocycles. The molecule has 6 rings (SSSR count). The zero-order chi connectivity index (χ0) is 21.7. The molecule has 1 atom stereocenters. The van der Waals surface area contributed by atoms with Gasteiger partial charge >= 0.3 is 0 Å². The molecule has 4 aromatic rings. The lowest BCUT2D eigenvalue weighted by atomic mass is 9.88. The first-order chi connectivity index (χ1) is 15.7. The van der Waals surface area contributed by atoms with Crippen LogP contribution in [-0.2, 0) is 6.42 Å². The van der Waals surface area contributed by atoms with Crippen molar-refractivity contribution in [3.05, 3.63) is 71.4 Å². The van der Waals surface area contributed by atoms with E-state index in [9.17, 15) is 4.39 Å². The van der Waals surface area contributed by atoms with Crippen molar-refractivity contribution in [3.8, 4) is 11.4 Å². The minimum absolute atomic E-state index is 0.221. The third kappa shape index (κ3) is 3.10. The molecule has 0 bridgehead atoms. The first kappa shape index (κ1) is 18.9. The maximum Gasteiger partial charge on any atom is 0.228 e. The van der Waals surface area contributed by atoms with E-state index in [4.69, 9.17) is 4.98 Å². The van der Waals surface area contributed by atoms with Crippen molar-refractivity contribution in [2.75, 3.05) is 17.7 Å². The lowest BCUT2D eigenvalue weighted by molar-refractivity contribution is 0.621. The molecule has 3 heterocycles. The van der Waals surface area contributed by atoms with Crippen LogP contribution >= 0.6 is 0 Å². The number of anilines is 2. The van der Waals surface area contributed by atoms with Crippen LogP contribution in [0.5, 0.6) is 0 Å². The molecule has 2 aliphatic rings. The first-order valence-corrected chi connectivity index (χ1v) is 10.8. The Labute approximate surface area is 184 Å². The van der Waals surface area contributed by atoms with Gasteiger partial charge in [0.1, 0.15) is 5.82 Å². The molecule has 0 fully saturated rings. The smallest absolute Gasteiger partial charge is 0.228 e. The summed E-state index contributed by atoms with van der Waals surface area (Å²) in [5.74, 6) is 0.580. The lowest BCUT2D eigenvalue weighted by Crippen LogP contribution is -2.25. The van der Waals surface area contributed by atoms with E-state index >= 15 is 0 Å². The number of halogens is 1. The van der Waals surface area contributed by atoms with Crippen LogP contribution < -0.4 is 10.6 Å². The van der Waals surface area contributed by atoms with Crippen LogP contribution in [0, 0.1) is 5.82 Å². The lowest BCUT2D eigenvalue weighted by Gasteiger charge is -2.26. The first-order valence-electron chi connectivity index (χ1n) is 10.8. The zero-order valence-corrected chi connectivity index (χ0v) is 17.6. The SMILES string of the molecule is CNc1cnn2c(N[C@@H]3CCC4=C(C3)c3ccccc3C4)nc(-c3cncc(F)c3)nc12. The molecule has 0 unspecified atom stereocenters. The summed E-state index contributed by atoms with van der Waals surface area (Å²) in [6.07, 6.45) is 8.56. The largest absolute Gasteiger partial charge is 0.384 e. The Morgan fingerprint density at radius 1 is 1.12 bits per heavy atom. The average molecular weight is 427 g/mol. The second kappa shape index (κ2) is 7.40. The quantitative estimate of drug-likeness (QED) is 0.504. The van der Waals surface area contributed by atoms with E-state index in [0.29, 0.717) is 23.0 Å². The van der Waals surface area contributed by atoms with Crippen molar-refractivity contribution in [1.29, 1.82) is 0 Å². The van der Waals surface area contributed by atoms with E-state index in [1.165, 1.54) is 29.0 Å². The van der Waals surface area contributed by atoms with E-state index in [0.717, 1.165) is 31.4 Å². The highest BCUT2D eigenvalue weighted by Gasteiger charge is 2.28. The van der Waals surface area contributed by atoms with Crippen LogP contribution in [-0.4, -0.2) is 37.7 Å². The van der Waals surface area contributed by atoms with E-state index < -0.39 is 5.82 Å². The highest BCUT2D eigenvalue weighted by molar-refractivity contribution is 5.78. The highest BCUT2D eigenvalue weighted by Crippen LogP contribution is 2.42. The summed E-state index contributed by atoms with van der Waals surface area (Å²) >= 11 is 0. The third-order valence-electron chi connectivity index (χ3n) is 6.35. The van der Waals surface area contributed by atoms with E-state index in [1.807, 2.05) is 7.05 Å². The molecule has 160 valence electrons. The molecule has 32 heavy (non-hydrogen) atoms. The van der Waals surface area contributed by atoms with Crippen LogP contribution in [0.25, 0.3) is 22.6 Å². The Balaban J connectivity index is 1.37. The number of hydrogen-bond acceptors (Lipinski definition) is 6. The number of pyridine rings is 1. The summed E-state index contributed by atoms with van der Waals surface area (Å²) in [5.41, 5.74) is 7.75. The maximum absolute atomic E-state index is 13.8. The Morgan fingerprint density at radius 3 is 2.91 bits per heavy atom. The van der Waals surface area contributed by atoms with Crippen molar-refractivity contribution in [2.24, 2.45) is 0 Å². The fourth-order valence-electron chi connectivity index (χ4n) is 4.80. The molecule has 1 aromatic carbocycles. The van der Waals surface area contributed by atoms with Gasteiger partial charge in [-0.25, -0.2) is 9.37 Å². The van der Waals surface area contributed by atoms with Crippen molar-refractivity contribution in [3.63, 3.8) is 0 Å². The summed E-state index contributed by atoms with van der Waals surface area (Å²) in [6, 6.07) is 10.3. The van der Waals surface area contributed by atoms with Crippen LogP contribution in [0.15, 0.2) is 54.5 Å². The summed E-state index contributed by atoms with van der Waals surface area (Å²) in [4.78, 5) is 13.3. The summed E-state index contributed by atoms with van der Waals surface area (Å²) in [7, 11) is 1.82.